The van der Waals surface area contributed by atoms with Crippen molar-refractivity contribution in [3.05, 3.63) is 0 Å². The lowest BCUT2D eigenvalue weighted by atomic mass is 10.1. The van der Waals surface area contributed by atoms with E-state index in [1.807, 2.05) is 4.90 Å². The number of amides is 2. The summed E-state index contributed by atoms with van der Waals surface area (Å²) >= 11 is 0. The van der Waals surface area contributed by atoms with E-state index in [0.29, 0.717) is 25.3 Å². The standard InChI is InChI=1S/C16H32N2O3/c1-6-14(7-2)18(11-12(3)4)16(21)17-10-8-9-13(5)15(19)20/h12-14H,6-11H2,1-5H3,(H,17,21)(H,19,20). The van der Waals surface area contributed by atoms with Gasteiger partial charge in [0.2, 0.25) is 0 Å². The zero-order chi connectivity index (χ0) is 16.4. The number of carbonyl (C=O) groups is 2. The van der Waals surface area contributed by atoms with E-state index in [2.05, 4.69) is 33.0 Å². The first kappa shape index (κ1) is 19.7. The van der Waals surface area contributed by atoms with Crippen LogP contribution in [-0.2, 0) is 4.79 Å². The molecule has 0 aromatic heterocycles. The minimum absolute atomic E-state index is 0.0274. The summed E-state index contributed by atoms with van der Waals surface area (Å²) in [5.41, 5.74) is 0. The summed E-state index contributed by atoms with van der Waals surface area (Å²) < 4.78 is 0. The van der Waals surface area contributed by atoms with E-state index in [0.717, 1.165) is 19.4 Å². The van der Waals surface area contributed by atoms with Crippen LogP contribution in [0.4, 0.5) is 4.79 Å². The Labute approximate surface area is 129 Å². The molecule has 2 amide bonds. The van der Waals surface area contributed by atoms with Crippen LogP contribution in [0.15, 0.2) is 0 Å². The van der Waals surface area contributed by atoms with Gasteiger partial charge in [0.1, 0.15) is 0 Å². The van der Waals surface area contributed by atoms with Crippen molar-refractivity contribution in [1.29, 1.82) is 0 Å². The summed E-state index contributed by atoms with van der Waals surface area (Å²) in [6, 6.07) is 0.241. The summed E-state index contributed by atoms with van der Waals surface area (Å²) in [6.45, 7) is 11.4. The van der Waals surface area contributed by atoms with E-state index in [1.54, 1.807) is 6.92 Å². The number of rotatable bonds is 10. The number of nitrogens with zero attached hydrogens (tertiary/aromatic N) is 1. The summed E-state index contributed by atoms with van der Waals surface area (Å²) in [7, 11) is 0. The fourth-order valence-electron chi connectivity index (χ4n) is 2.35. The topological polar surface area (TPSA) is 69.6 Å². The zero-order valence-corrected chi connectivity index (χ0v) is 14.2. The number of hydrogen-bond donors (Lipinski definition) is 2. The first-order valence-electron chi connectivity index (χ1n) is 8.10. The van der Waals surface area contributed by atoms with Crippen molar-refractivity contribution in [2.45, 2.75) is 66.3 Å². The minimum Gasteiger partial charge on any atom is -0.481 e. The molecule has 21 heavy (non-hydrogen) atoms. The molecule has 0 aliphatic rings. The van der Waals surface area contributed by atoms with E-state index in [-0.39, 0.29) is 18.0 Å². The summed E-state index contributed by atoms with van der Waals surface area (Å²) in [6.07, 6.45) is 3.18. The normalized spacial score (nSPS) is 12.5. The van der Waals surface area contributed by atoms with Crippen molar-refractivity contribution >= 4 is 12.0 Å². The van der Waals surface area contributed by atoms with Crippen LogP contribution in [0.1, 0.15) is 60.3 Å². The molecule has 0 aliphatic heterocycles. The molecule has 0 radical (unpaired) electrons. The van der Waals surface area contributed by atoms with Gasteiger partial charge < -0.3 is 15.3 Å². The third-order valence-electron chi connectivity index (χ3n) is 3.72. The number of carboxylic acid groups (broad SMARTS) is 1. The third kappa shape index (κ3) is 7.93. The Kier molecular flexibility index (Phi) is 9.84. The Balaban J connectivity index is 4.31. The number of carboxylic acids is 1. The molecule has 5 nitrogen and oxygen atoms in total. The molecule has 1 unspecified atom stereocenters. The van der Waals surface area contributed by atoms with Crippen LogP contribution in [-0.4, -0.2) is 41.1 Å². The van der Waals surface area contributed by atoms with Gasteiger partial charge in [-0.05, 0) is 31.6 Å². The Morgan fingerprint density at radius 2 is 1.71 bits per heavy atom. The van der Waals surface area contributed by atoms with Crippen LogP contribution in [0.5, 0.6) is 0 Å². The Morgan fingerprint density at radius 3 is 2.14 bits per heavy atom. The summed E-state index contributed by atoms with van der Waals surface area (Å²) in [4.78, 5) is 25.0. The maximum atomic E-state index is 12.3. The molecule has 1 atom stereocenters. The molecule has 0 fully saturated rings. The third-order valence-corrected chi connectivity index (χ3v) is 3.72. The van der Waals surface area contributed by atoms with Crippen LogP contribution < -0.4 is 5.32 Å². The Hall–Kier alpha value is -1.26. The van der Waals surface area contributed by atoms with E-state index in [1.165, 1.54) is 0 Å². The van der Waals surface area contributed by atoms with Crippen molar-refractivity contribution < 1.29 is 14.7 Å². The maximum absolute atomic E-state index is 12.3. The molecular weight excluding hydrogens is 268 g/mol. The molecule has 2 N–H and O–H groups in total. The van der Waals surface area contributed by atoms with Crippen molar-refractivity contribution in [2.24, 2.45) is 11.8 Å². The van der Waals surface area contributed by atoms with Gasteiger partial charge in [0.15, 0.2) is 0 Å². The first-order chi connectivity index (χ1) is 9.83. The number of carbonyl (C=O) groups excluding carboxylic acids is 1. The molecule has 0 aliphatic carbocycles. The van der Waals surface area contributed by atoms with Crippen molar-refractivity contribution in [1.82, 2.24) is 10.2 Å². The van der Waals surface area contributed by atoms with E-state index >= 15 is 0 Å². The second-order valence-electron chi connectivity index (χ2n) is 6.13. The summed E-state index contributed by atoms with van der Waals surface area (Å²) in [5.74, 6) is -0.698. The smallest absolute Gasteiger partial charge is 0.317 e. The van der Waals surface area contributed by atoms with Crippen LogP contribution >= 0.6 is 0 Å². The molecule has 0 rings (SSSR count). The monoisotopic (exact) mass is 300 g/mol. The van der Waals surface area contributed by atoms with Gasteiger partial charge in [0.05, 0.1) is 5.92 Å². The van der Waals surface area contributed by atoms with Gasteiger partial charge >= 0.3 is 12.0 Å². The van der Waals surface area contributed by atoms with E-state index in [9.17, 15) is 9.59 Å². The highest BCUT2D eigenvalue weighted by Gasteiger charge is 2.21. The largest absolute Gasteiger partial charge is 0.481 e. The van der Waals surface area contributed by atoms with Gasteiger partial charge in [0, 0.05) is 19.1 Å². The van der Waals surface area contributed by atoms with Gasteiger partial charge in [-0.2, -0.15) is 0 Å². The fraction of sp³-hybridized carbons (Fsp3) is 0.875. The van der Waals surface area contributed by atoms with Crippen LogP contribution in [0.2, 0.25) is 0 Å². The average Bonchev–Trinajstić information content (AvgIpc) is 2.42. The molecule has 0 saturated heterocycles. The second-order valence-corrected chi connectivity index (χ2v) is 6.13. The zero-order valence-electron chi connectivity index (χ0n) is 14.2. The maximum Gasteiger partial charge on any atom is 0.317 e. The number of aliphatic carboxylic acids is 1. The molecule has 0 saturated carbocycles. The lowest BCUT2D eigenvalue weighted by Crippen LogP contribution is -2.47. The average molecular weight is 300 g/mol. The predicted octanol–water partition coefficient (Wildman–Crippen LogP) is 3.34. The Bertz CT molecular complexity index is 315. The highest BCUT2D eigenvalue weighted by atomic mass is 16.4. The summed E-state index contributed by atoms with van der Waals surface area (Å²) in [5, 5.41) is 11.7. The van der Waals surface area contributed by atoms with Gasteiger partial charge in [-0.1, -0.05) is 34.6 Å². The molecule has 0 spiro atoms. The molecule has 0 bridgehead atoms. The molecule has 0 heterocycles. The highest BCUT2D eigenvalue weighted by molar-refractivity contribution is 5.74. The minimum atomic E-state index is -0.778. The molecule has 5 heteroatoms. The van der Waals surface area contributed by atoms with Gasteiger partial charge in [-0.15, -0.1) is 0 Å². The molecule has 0 aromatic rings. The lowest BCUT2D eigenvalue weighted by Gasteiger charge is -2.32. The highest BCUT2D eigenvalue weighted by Crippen LogP contribution is 2.12. The number of nitrogens with one attached hydrogen (secondary N) is 1. The molecular formula is C16H32N2O3. The lowest BCUT2D eigenvalue weighted by molar-refractivity contribution is -0.141. The predicted molar refractivity (Wildman–Crippen MR) is 85.3 cm³/mol. The number of urea groups is 1. The second kappa shape index (κ2) is 10.5. The molecule has 124 valence electrons. The SMILES string of the molecule is CCC(CC)N(CC(C)C)C(=O)NCCCC(C)C(=O)O. The first-order valence-corrected chi connectivity index (χ1v) is 8.10. The van der Waals surface area contributed by atoms with E-state index < -0.39 is 5.97 Å². The van der Waals surface area contributed by atoms with Crippen LogP contribution in [0, 0.1) is 11.8 Å². The molecule has 0 aromatic carbocycles. The van der Waals surface area contributed by atoms with Crippen LogP contribution in [0.25, 0.3) is 0 Å². The Morgan fingerprint density at radius 1 is 1.14 bits per heavy atom. The van der Waals surface area contributed by atoms with Gasteiger partial charge in [0.25, 0.3) is 0 Å². The van der Waals surface area contributed by atoms with E-state index in [4.69, 9.17) is 5.11 Å². The quantitative estimate of drug-likeness (QED) is 0.608. The fourth-order valence-corrected chi connectivity index (χ4v) is 2.35. The van der Waals surface area contributed by atoms with Crippen molar-refractivity contribution in [3.8, 4) is 0 Å². The van der Waals surface area contributed by atoms with Gasteiger partial charge in [-0.3, -0.25) is 4.79 Å². The number of hydrogen-bond acceptors (Lipinski definition) is 2. The van der Waals surface area contributed by atoms with Crippen LogP contribution in [0.3, 0.4) is 0 Å². The van der Waals surface area contributed by atoms with Crippen molar-refractivity contribution in [3.63, 3.8) is 0 Å². The van der Waals surface area contributed by atoms with Crippen molar-refractivity contribution in [2.75, 3.05) is 13.1 Å². The van der Waals surface area contributed by atoms with Gasteiger partial charge in [-0.25, -0.2) is 4.79 Å².